The number of aliphatic hydroxyl groups is 1. The van der Waals surface area contributed by atoms with Crippen molar-refractivity contribution in [1.82, 2.24) is 4.73 Å². The van der Waals surface area contributed by atoms with E-state index in [9.17, 15) is 4.79 Å². The van der Waals surface area contributed by atoms with Gasteiger partial charge >= 0.3 is 5.97 Å². The molecule has 5 nitrogen and oxygen atoms in total. The van der Waals surface area contributed by atoms with Gasteiger partial charge in [-0.2, -0.15) is 4.73 Å². The zero-order valence-electron chi connectivity index (χ0n) is 8.82. The minimum Gasteiger partial charge on any atom is -0.473 e. The lowest BCUT2D eigenvalue weighted by Crippen LogP contribution is -2.27. The minimum absolute atomic E-state index is 0.666. The Balaban J connectivity index is 0.000000212. The van der Waals surface area contributed by atoms with Gasteiger partial charge in [0.15, 0.2) is 6.10 Å². The molecule has 0 saturated heterocycles. The number of rotatable bonds is 2. The molecule has 0 spiro atoms. The average molecular weight is 223 g/mol. The lowest BCUT2D eigenvalue weighted by Gasteiger charge is -2.04. The maximum atomic E-state index is 10.7. The third kappa shape index (κ3) is 4.47. The van der Waals surface area contributed by atoms with Gasteiger partial charge in [0, 0.05) is 12.4 Å². The third-order valence-electron chi connectivity index (χ3n) is 1.54. The van der Waals surface area contributed by atoms with E-state index in [1.165, 1.54) is 11.7 Å². The fourth-order valence-electron chi connectivity index (χ4n) is 0.787. The van der Waals surface area contributed by atoms with E-state index in [-0.39, 0.29) is 0 Å². The first-order valence-electron chi connectivity index (χ1n) is 4.70. The summed E-state index contributed by atoms with van der Waals surface area (Å²) in [6.45, 7) is 1.35. The van der Waals surface area contributed by atoms with Gasteiger partial charge in [-0.15, -0.1) is 0 Å². The van der Waals surface area contributed by atoms with Crippen molar-refractivity contribution >= 4 is 5.97 Å². The van der Waals surface area contributed by atoms with Crippen molar-refractivity contribution in [2.24, 2.45) is 0 Å². The van der Waals surface area contributed by atoms with Crippen LogP contribution in [0.5, 0.6) is 0 Å². The molecule has 0 aliphatic heterocycles. The number of nitrogens with zero attached hydrogens (tertiary/aromatic N) is 1. The molecule has 2 aromatic rings. The van der Waals surface area contributed by atoms with Crippen LogP contribution in [-0.2, 0) is 4.79 Å². The molecule has 1 N–H and O–H groups in total. The van der Waals surface area contributed by atoms with Gasteiger partial charge in [-0.05, 0) is 31.2 Å². The number of aromatic nitrogens is 1. The van der Waals surface area contributed by atoms with E-state index in [2.05, 4.69) is 9.25 Å². The average Bonchev–Trinajstić information content (AvgIpc) is 2.92. The van der Waals surface area contributed by atoms with Crippen LogP contribution in [0.1, 0.15) is 6.92 Å². The number of furan rings is 1. The van der Waals surface area contributed by atoms with Gasteiger partial charge in [-0.25, -0.2) is 4.79 Å². The molecule has 0 bridgehead atoms. The SMILES string of the molecule is C[C@@H](O)C(=O)On1cccc1.c1ccoc1. The Bertz CT molecular complexity index is 361. The van der Waals surface area contributed by atoms with Crippen molar-refractivity contribution in [2.45, 2.75) is 13.0 Å². The van der Waals surface area contributed by atoms with Gasteiger partial charge in [-0.1, -0.05) is 0 Å². The lowest BCUT2D eigenvalue weighted by molar-refractivity contribution is -0.152. The largest absolute Gasteiger partial charge is 0.473 e. The predicted octanol–water partition coefficient (Wildman–Crippen LogP) is 1.10. The Hall–Kier alpha value is -2.01. The topological polar surface area (TPSA) is 64.6 Å². The van der Waals surface area contributed by atoms with Crippen molar-refractivity contribution in [3.8, 4) is 0 Å². The second-order valence-corrected chi connectivity index (χ2v) is 2.92. The highest BCUT2D eigenvalue weighted by molar-refractivity contribution is 5.74. The Morgan fingerprint density at radius 2 is 1.81 bits per heavy atom. The molecule has 0 fully saturated rings. The van der Waals surface area contributed by atoms with Crippen molar-refractivity contribution in [2.75, 3.05) is 0 Å². The van der Waals surface area contributed by atoms with E-state index in [0.717, 1.165) is 0 Å². The van der Waals surface area contributed by atoms with Gasteiger partial charge in [0.25, 0.3) is 0 Å². The number of carbonyl (C=O) groups excluding carboxylic acids is 1. The molecule has 0 saturated carbocycles. The molecule has 0 aliphatic rings. The number of hydrogen-bond donors (Lipinski definition) is 1. The summed E-state index contributed by atoms with van der Waals surface area (Å²) in [7, 11) is 0. The fraction of sp³-hybridized carbons (Fsp3) is 0.182. The molecule has 0 aliphatic carbocycles. The van der Waals surface area contributed by atoms with Crippen molar-refractivity contribution < 1.29 is 19.2 Å². The molecular formula is C11H13NO4. The summed E-state index contributed by atoms with van der Waals surface area (Å²) in [5.41, 5.74) is 0. The highest BCUT2D eigenvalue weighted by Crippen LogP contribution is 1.88. The van der Waals surface area contributed by atoms with Crippen molar-refractivity contribution in [3.05, 3.63) is 49.2 Å². The Kier molecular flexibility index (Phi) is 4.88. The van der Waals surface area contributed by atoms with Crippen LogP contribution in [0.25, 0.3) is 0 Å². The Morgan fingerprint density at radius 3 is 2.19 bits per heavy atom. The van der Waals surface area contributed by atoms with Gasteiger partial charge in [-0.3, -0.25) is 0 Å². The summed E-state index contributed by atoms with van der Waals surface area (Å²) < 4.78 is 5.81. The van der Waals surface area contributed by atoms with Crippen molar-refractivity contribution in [1.29, 1.82) is 0 Å². The smallest absolute Gasteiger partial charge is 0.360 e. The number of aliphatic hydroxyl groups excluding tert-OH is 1. The first-order chi connectivity index (χ1) is 7.70. The van der Waals surface area contributed by atoms with Crippen LogP contribution in [0.15, 0.2) is 53.6 Å². The van der Waals surface area contributed by atoms with Gasteiger partial charge in [0.1, 0.15) is 0 Å². The molecule has 86 valence electrons. The molecular weight excluding hydrogens is 210 g/mol. The van der Waals surface area contributed by atoms with Gasteiger partial charge < -0.3 is 14.4 Å². The predicted molar refractivity (Wildman–Crippen MR) is 56.4 cm³/mol. The number of hydrogen-bond acceptors (Lipinski definition) is 4. The Morgan fingerprint density at radius 1 is 1.25 bits per heavy atom. The van der Waals surface area contributed by atoms with E-state index in [1.54, 1.807) is 37.1 Å². The van der Waals surface area contributed by atoms with Crippen LogP contribution >= 0.6 is 0 Å². The zero-order valence-corrected chi connectivity index (χ0v) is 8.82. The molecule has 0 radical (unpaired) electrons. The third-order valence-corrected chi connectivity index (χ3v) is 1.54. The molecule has 5 heteroatoms. The van der Waals surface area contributed by atoms with Gasteiger partial charge in [0.2, 0.25) is 0 Å². The summed E-state index contributed by atoms with van der Waals surface area (Å²) in [6.07, 6.45) is 5.30. The van der Waals surface area contributed by atoms with Crippen LogP contribution in [0, 0.1) is 0 Å². The number of carbonyl (C=O) groups is 1. The maximum absolute atomic E-state index is 10.7. The van der Waals surface area contributed by atoms with Gasteiger partial charge in [0.05, 0.1) is 12.5 Å². The van der Waals surface area contributed by atoms with Crippen LogP contribution in [0.2, 0.25) is 0 Å². The molecule has 2 heterocycles. The first-order valence-corrected chi connectivity index (χ1v) is 4.70. The summed E-state index contributed by atoms with van der Waals surface area (Å²) in [5.74, 6) is -0.666. The van der Waals surface area contributed by atoms with Crippen LogP contribution < -0.4 is 4.84 Å². The normalized spacial score (nSPS) is 11.1. The Labute approximate surface area is 92.8 Å². The maximum Gasteiger partial charge on any atom is 0.360 e. The minimum atomic E-state index is -1.09. The summed E-state index contributed by atoms with van der Waals surface area (Å²) >= 11 is 0. The van der Waals surface area contributed by atoms with E-state index < -0.39 is 12.1 Å². The molecule has 0 amide bonds. The quantitative estimate of drug-likeness (QED) is 0.828. The first kappa shape index (κ1) is 12.1. The van der Waals surface area contributed by atoms with Crippen LogP contribution in [-0.4, -0.2) is 21.9 Å². The van der Waals surface area contributed by atoms with Crippen molar-refractivity contribution in [3.63, 3.8) is 0 Å². The van der Waals surface area contributed by atoms with Crippen LogP contribution in [0.4, 0.5) is 0 Å². The van der Waals surface area contributed by atoms with E-state index in [0.29, 0.717) is 0 Å². The summed E-state index contributed by atoms with van der Waals surface area (Å²) in [5, 5.41) is 8.73. The summed E-state index contributed by atoms with van der Waals surface area (Å²) in [4.78, 5) is 15.4. The fourth-order valence-corrected chi connectivity index (χ4v) is 0.787. The molecule has 2 rings (SSSR count). The van der Waals surface area contributed by atoms with E-state index in [4.69, 9.17) is 5.11 Å². The molecule has 0 aromatic carbocycles. The monoisotopic (exact) mass is 223 g/mol. The second-order valence-electron chi connectivity index (χ2n) is 2.92. The molecule has 1 atom stereocenters. The van der Waals surface area contributed by atoms with Crippen LogP contribution in [0.3, 0.4) is 0 Å². The zero-order chi connectivity index (χ0) is 11.8. The second kappa shape index (κ2) is 6.47. The molecule has 0 unspecified atom stereocenters. The summed E-state index contributed by atoms with van der Waals surface area (Å²) in [6, 6.07) is 7.10. The lowest BCUT2D eigenvalue weighted by atomic mass is 10.4. The standard InChI is InChI=1S/C7H9NO3.C4H4O/c1-6(9)7(10)11-8-4-2-3-5-8;1-2-4-5-3-1/h2-6,9H,1H3;1-4H/t6-;/m1./s1. The molecule has 16 heavy (non-hydrogen) atoms. The van der Waals surface area contributed by atoms with E-state index in [1.807, 2.05) is 12.1 Å². The van der Waals surface area contributed by atoms with E-state index >= 15 is 0 Å². The molecule has 2 aromatic heterocycles. The highest BCUT2D eigenvalue weighted by atomic mass is 16.7. The highest BCUT2D eigenvalue weighted by Gasteiger charge is 2.10.